The lowest BCUT2D eigenvalue weighted by Crippen LogP contribution is -3.00. The van der Waals surface area contributed by atoms with Crippen LogP contribution in [0.4, 0.5) is 0 Å². The smallest absolute Gasteiger partial charge is 0.469 e. The summed E-state index contributed by atoms with van der Waals surface area (Å²) in [7, 11) is 1.50. The van der Waals surface area contributed by atoms with E-state index in [4.69, 9.17) is 9.79 Å². The fourth-order valence-corrected chi connectivity index (χ4v) is 1.42. The van der Waals surface area contributed by atoms with E-state index >= 15 is 0 Å². The largest absolute Gasteiger partial charge is 1.00 e. The van der Waals surface area contributed by atoms with Gasteiger partial charge in [-0.05, 0) is 19.6 Å². The summed E-state index contributed by atoms with van der Waals surface area (Å²) in [5.74, 6) is 0. The summed E-state index contributed by atoms with van der Waals surface area (Å²) in [6.07, 6.45) is 0. The van der Waals surface area contributed by atoms with Gasteiger partial charge in [-0.1, -0.05) is 20.8 Å². The first-order chi connectivity index (χ1) is 8.05. The number of nitrogens with zero attached hydrogens (tertiary/aromatic N) is 2. The van der Waals surface area contributed by atoms with Crippen LogP contribution < -0.4 is 12.4 Å². The molecule has 0 rings (SSSR count). The normalized spacial score (nSPS) is 11.6. The summed E-state index contributed by atoms with van der Waals surface area (Å²) in [5, 5.41) is 0. The summed E-state index contributed by atoms with van der Waals surface area (Å²) in [6.45, 7) is 10.8. The molecule has 0 amide bonds. The molecule has 0 atom stereocenters. The van der Waals surface area contributed by atoms with Gasteiger partial charge < -0.3 is 31.6 Å². The number of rotatable bonds is 7. The van der Waals surface area contributed by atoms with Crippen LogP contribution in [0.5, 0.6) is 0 Å². The highest BCUT2D eigenvalue weighted by atomic mass is 35.5. The Kier molecular flexibility index (Phi) is 15.5. The van der Waals surface area contributed by atoms with Crippen LogP contribution in [0.1, 0.15) is 20.8 Å². The lowest BCUT2D eigenvalue weighted by atomic mass is 10.5. The third-order valence-electron chi connectivity index (χ3n) is 2.36. The van der Waals surface area contributed by atoms with Gasteiger partial charge in [-0.25, -0.2) is 4.57 Å². The summed E-state index contributed by atoms with van der Waals surface area (Å²) in [5.41, 5.74) is 0. The molecule has 0 aliphatic rings. The SMILES string of the molecule is CCN(CC)CC.C[N+](C)(C)CCOP(=O)(O)O.[Cl-]. The molecule has 0 heterocycles. The zero-order valence-corrected chi connectivity index (χ0v) is 14.6. The minimum absolute atomic E-state index is 0. The molecule has 8 heteroatoms. The van der Waals surface area contributed by atoms with Gasteiger partial charge in [-0.3, -0.25) is 4.52 Å². The third-order valence-corrected chi connectivity index (χ3v) is 2.88. The minimum atomic E-state index is -4.26. The summed E-state index contributed by atoms with van der Waals surface area (Å²) >= 11 is 0. The van der Waals surface area contributed by atoms with Crippen molar-refractivity contribution in [2.75, 3.05) is 53.9 Å². The molecule has 19 heavy (non-hydrogen) atoms. The first kappa shape index (κ1) is 24.3. The quantitative estimate of drug-likeness (QED) is 0.426. The van der Waals surface area contributed by atoms with E-state index in [9.17, 15) is 4.57 Å². The maximum Gasteiger partial charge on any atom is 0.469 e. The summed E-state index contributed by atoms with van der Waals surface area (Å²) < 4.78 is 15.1. The van der Waals surface area contributed by atoms with Gasteiger partial charge in [0, 0.05) is 0 Å². The van der Waals surface area contributed by atoms with Crippen LogP contribution in [-0.4, -0.2) is 73.1 Å². The molecule has 0 aromatic carbocycles. The third kappa shape index (κ3) is 23.8. The van der Waals surface area contributed by atoms with E-state index in [-0.39, 0.29) is 19.0 Å². The van der Waals surface area contributed by atoms with Crippen LogP contribution in [0.25, 0.3) is 0 Å². The topological polar surface area (TPSA) is 70.0 Å². The first-order valence-corrected chi connectivity index (χ1v) is 7.81. The monoisotopic (exact) mass is 320 g/mol. The summed E-state index contributed by atoms with van der Waals surface area (Å²) in [6, 6.07) is 0. The zero-order chi connectivity index (χ0) is 14.8. The maximum absolute atomic E-state index is 10.2. The van der Waals surface area contributed by atoms with Crippen molar-refractivity contribution in [3.05, 3.63) is 0 Å². The highest BCUT2D eigenvalue weighted by Crippen LogP contribution is 2.35. The van der Waals surface area contributed by atoms with E-state index in [0.717, 1.165) is 0 Å². The van der Waals surface area contributed by atoms with Crippen molar-refractivity contribution in [2.24, 2.45) is 0 Å². The van der Waals surface area contributed by atoms with Crippen molar-refractivity contribution in [1.82, 2.24) is 4.90 Å². The van der Waals surface area contributed by atoms with Crippen LogP contribution in [-0.2, 0) is 9.09 Å². The Morgan fingerprint density at radius 2 is 1.42 bits per heavy atom. The van der Waals surface area contributed by atoms with Crippen molar-refractivity contribution in [1.29, 1.82) is 0 Å². The predicted octanol–water partition coefficient (Wildman–Crippen LogP) is -1.85. The van der Waals surface area contributed by atoms with E-state index in [1.54, 1.807) is 0 Å². The van der Waals surface area contributed by atoms with Crippen molar-refractivity contribution >= 4 is 7.82 Å². The molecule has 6 nitrogen and oxygen atoms in total. The molecule has 0 aliphatic heterocycles. The van der Waals surface area contributed by atoms with Gasteiger partial charge >= 0.3 is 7.82 Å². The molecule has 0 saturated carbocycles. The Balaban J connectivity index is -0.000000280. The minimum Gasteiger partial charge on any atom is -1.00 e. The fraction of sp³-hybridized carbons (Fsp3) is 1.00. The molecular weight excluding hydrogens is 291 g/mol. The number of hydrogen-bond acceptors (Lipinski definition) is 3. The molecule has 0 unspecified atom stereocenters. The van der Waals surface area contributed by atoms with Crippen molar-refractivity contribution in [2.45, 2.75) is 20.8 Å². The second-order valence-corrected chi connectivity index (χ2v) is 6.20. The van der Waals surface area contributed by atoms with Gasteiger partial charge in [0.2, 0.25) is 0 Å². The van der Waals surface area contributed by atoms with Crippen molar-refractivity contribution < 1.29 is 35.8 Å². The van der Waals surface area contributed by atoms with E-state index in [0.29, 0.717) is 11.0 Å². The molecule has 0 fully saturated rings. The highest BCUT2D eigenvalue weighted by Gasteiger charge is 2.15. The second-order valence-electron chi connectivity index (χ2n) is 4.96. The number of phosphoric acid groups is 1. The molecule has 2 N–H and O–H groups in total. The van der Waals surface area contributed by atoms with E-state index in [1.165, 1.54) is 19.6 Å². The molecule has 0 aromatic rings. The van der Waals surface area contributed by atoms with E-state index in [2.05, 4.69) is 30.2 Å². The number of likely N-dealkylation sites (N-methyl/N-ethyl adjacent to an activating group) is 1. The number of halogens is 1. The van der Waals surface area contributed by atoms with Crippen LogP contribution in [0.15, 0.2) is 0 Å². The number of quaternary nitrogens is 1. The maximum atomic E-state index is 10.2. The first-order valence-electron chi connectivity index (χ1n) is 6.28. The molecule has 0 saturated heterocycles. The molecule has 0 radical (unpaired) electrons. The average molecular weight is 321 g/mol. The van der Waals surface area contributed by atoms with Crippen LogP contribution in [0.3, 0.4) is 0 Å². The lowest BCUT2D eigenvalue weighted by molar-refractivity contribution is -0.870. The predicted molar refractivity (Wildman–Crippen MR) is 74.4 cm³/mol. The second kappa shape index (κ2) is 12.1. The molecular formula is C11H30ClN2O4P. The van der Waals surface area contributed by atoms with Crippen molar-refractivity contribution in [3.63, 3.8) is 0 Å². The van der Waals surface area contributed by atoms with Crippen molar-refractivity contribution in [3.8, 4) is 0 Å². The van der Waals surface area contributed by atoms with E-state index < -0.39 is 7.82 Å². The van der Waals surface area contributed by atoms with Gasteiger partial charge in [-0.15, -0.1) is 0 Å². The van der Waals surface area contributed by atoms with Gasteiger partial charge in [0.15, 0.2) is 0 Å². The fourth-order valence-electron chi connectivity index (χ4n) is 1.10. The average Bonchev–Trinajstić information content (AvgIpc) is 2.17. The molecule has 120 valence electrons. The van der Waals surface area contributed by atoms with Gasteiger partial charge in [0.05, 0.1) is 21.1 Å². The molecule has 0 aromatic heterocycles. The molecule has 0 spiro atoms. The number of phosphoric ester groups is 1. The lowest BCUT2D eigenvalue weighted by Gasteiger charge is -2.23. The van der Waals surface area contributed by atoms with E-state index in [1.807, 2.05) is 21.1 Å². The van der Waals surface area contributed by atoms with Crippen LogP contribution >= 0.6 is 7.82 Å². The van der Waals surface area contributed by atoms with Crippen LogP contribution in [0, 0.1) is 0 Å². The van der Waals surface area contributed by atoms with Gasteiger partial charge in [0.25, 0.3) is 0 Å². The standard InChI is InChI=1S/C6H15N.C5H14NO4P.ClH/c1-4-7(5-2)6-3;1-6(2,3)4-5-10-11(7,8)9;/h4-6H2,1-3H3;4-5H2,1-3H3,(H-,7,8,9);1H. The Morgan fingerprint density at radius 1 is 1.05 bits per heavy atom. The Labute approximate surface area is 124 Å². The van der Waals surface area contributed by atoms with Gasteiger partial charge in [0.1, 0.15) is 13.2 Å². The van der Waals surface area contributed by atoms with Gasteiger partial charge in [-0.2, -0.15) is 0 Å². The zero-order valence-electron chi connectivity index (χ0n) is 13.0. The Morgan fingerprint density at radius 3 is 1.58 bits per heavy atom. The molecule has 0 aliphatic carbocycles. The Bertz CT molecular complexity index is 234. The highest BCUT2D eigenvalue weighted by molar-refractivity contribution is 7.46. The Hall–Kier alpha value is 0.320. The summed E-state index contributed by atoms with van der Waals surface area (Å²) in [4.78, 5) is 19.0. The van der Waals surface area contributed by atoms with Crippen LogP contribution in [0.2, 0.25) is 0 Å². The number of hydrogen-bond donors (Lipinski definition) is 2. The molecule has 0 bridgehead atoms.